The Morgan fingerprint density at radius 2 is 2.14 bits per heavy atom. The molecule has 1 unspecified atom stereocenters. The molecule has 1 aromatic carbocycles. The first-order valence-corrected chi connectivity index (χ1v) is 7.76. The Hall–Kier alpha value is -1.85. The number of thiophene rings is 1. The molecule has 0 bridgehead atoms. The zero-order valence-electron chi connectivity index (χ0n) is 12.2. The van der Waals surface area contributed by atoms with Gasteiger partial charge in [0.25, 0.3) is 0 Å². The number of hydrogen-bond donors (Lipinski definition) is 2. The molecule has 1 amide bonds. The van der Waals surface area contributed by atoms with E-state index in [1.165, 1.54) is 0 Å². The van der Waals surface area contributed by atoms with Crippen molar-refractivity contribution in [2.75, 3.05) is 0 Å². The van der Waals surface area contributed by atoms with Gasteiger partial charge in [0.2, 0.25) is 5.91 Å². The Balaban J connectivity index is 2.12. The summed E-state index contributed by atoms with van der Waals surface area (Å²) in [6.07, 6.45) is 0.0892. The van der Waals surface area contributed by atoms with Crippen LogP contribution < -0.4 is 15.8 Å². The van der Waals surface area contributed by atoms with E-state index in [-0.39, 0.29) is 6.10 Å². The van der Waals surface area contributed by atoms with Crippen molar-refractivity contribution in [2.45, 2.75) is 32.5 Å². The minimum atomic E-state index is -0.525. The number of nitrogens with one attached hydrogen (secondary N) is 1. The van der Waals surface area contributed by atoms with Crippen LogP contribution in [0.4, 0.5) is 0 Å². The van der Waals surface area contributed by atoms with Crippen molar-refractivity contribution < 1.29 is 9.53 Å². The molecule has 0 saturated heterocycles. The standard InChI is InChI=1S/C16H20N2O2S/c1-11(2)20-13-6-3-5-12(9-13)15(16(17)19)18-10-14-7-4-8-21-14/h3-9,11,15,18H,10H2,1-2H3,(H2,17,19). The molecule has 2 rings (SSSR count). The molecule has 1 aromatic heterocycles. The number of carbonyl (C=O) groups excluding carboxylic acids is 1. The van der Waals surface area contributed by atoms with E-state index in [0.29, 0.717) is 6.54 Å². The summed E-state index contributed by atoms with van der Waals surface area (Å²) in [6, 6.07) is 11.0. The summed E-state index contributed by atoms with van der Waals surface area (Å²) in [7, 11) is 0. The predicted octanol–water partition coefficient (Wildman–Crippen LogP) is 2.85. The molecule has 0 aliphatic heterocycles. The summed E-state index contributed by atoms with van der Waals surface area (Å²) in [5.41, 5.74) is 6.34. The Morgan fingerprint density at radius 3 is 2.76 bits per heavy atom. The fourth-order valence-electron chi connectivity index (χ4n) is 2.04. The molecule has 5 heteroatoms. The first-order chi connectivity index (χ1) is 10.1. The van der Waals surface area contributed by atoms with Gasteiger partial charge in [-0.3, -0.25) is 10.1 Å². The van der Waals surface area contributed by atoms with Crippen molar-refractivity contribution >= 4 is 17.2 Å². The lowest BCUT2D eigenvalue weighted by Gasteiger charge is -2.17. The summed E-state index contributed by atoms with van der Waals surface area (Å²) in [5, 5.41) is 5.21. The normalized spacial score (nSPS) is 12.3. The Labute approximate surface area is 128 Å². The van der Waals surface area contributed by atoms with Crippen LogP contribution in [0.3, 0.4) is 0 Å². The van der Waals surface area contributed by atoms with E-state index in [2.05, 4.69) is 5.32 Å². The molecule has 0 saturated carbocycles. The second-order valence-corrected chi connectivity index (χ2v) is 6.07. The van der Waals surface area contributed by atoms with Crippen molar-refractivity contribution in [3.63, 3.8) is 0 Å². The van der Waals surface area contributed by atoms with Gasteiger partial charge in [0.05, 0.1) is 6.10 Å². The number of carbonyl (C=O) groups is 1. The third-order valence-electron chi connectivity index (χ3n) is 2.91. The number of ether oxygens (including phenoxy) is 1. The van der Waals surface area contributed by atoms with Gasteiger partial charge in [0, 0.05) is 11.4 Å². The molecule has 21 heavy (non-hydrogen) atoms. The second kappa shape index (κ2) is 7.24. The molecule has 0 radical (unpaired) electrons. The van der Waals surface area contributed by atoms with Gasteiger partial charge in [-0.05, 0) is 43.0 Å². The largest absolute Gasteiger partial charge is 0.491 e. The fraction of sp³-hybridized carbons (Fsp3) is 0.312. The molecule has 1 heterocycles. The molecule has 4 nitrogen and oxygen atoms in total. The molecule has 1 atom stereocenters. The topological polar surface area (TPSA) is 64.3 Å². The van der Waals surface area contributed by atoms with Gasteiger partial charge in [0.15, 0.2) is 0 Å². The summed E-state index contributed by atoms with van der Waals surface area (Å²) < 4.78 is 5.66. The SMILES string of the molecule is CC(C)Oc1cccc(C(NCc2cccs2)C(N)=O)c1. The van der Waals surface area contributed by atoms with Crippen LogP contribution in [0.15, 0.2) is 41.8 Å². The highest BCUT2D eigenvalue weighted by Gasteiger charge is 2.18. The Morgan fingerprint density at radius 1 is 1.33 bits per heavy atom. The van der Waals surface area contributed by atoms with Gasteiger partial charge < -0.3 is 10.5 Å². The number of primary amides is 1. The highest BCUT2D eigenvalue weighted by molar-refractivity contribution is 7.09. The van der Waals surface area contributed by atoms with Crippen LogP contribution in [-0.2, 0) is 11.3 Å². The Bertz CT molecular complexity index is 582. The van der Waals surface area contributed by atoms with E-state index in [1.54, 1.807) is 11.3 Å². The average Bonchev–Trinajstić information content (AvgIpc) is 2.91. The number of benzene rings is 1. The third-order valence-corrected chi connectivity index (χ3v) is 3.78. The smallest absolute Gasteiger partial charge is 0.239 e. The molecule has 0 aliphatic carbocycles. The monoisotopic (exact) mass is 304 g/mol. The maximum atomic E-state index is 11.7. The van der Waals surface area contributed by atoms with Crippen LogP contribution in [0.1, 0.15) is 30.3 Å². The van der Waals surface area contributed by atoms with Gasteiger partial charge in [-0.1, -0.05) is 18.2 Å². The van der Waals surface area contributed by atoms with Crippen LogP contribution in [0.5, 0.6) is 5.75 Å². The summed E-state index contributed by atoms with van der Waals surface area (Å²) in [6.45, 7) is 4.54. The Kier molecular flexibility index (Phi) is 5.36. The van der Waals surface area contributed by atoms with Crippen LogP contribution in [0, 0.1) is 0 Å². The van der Waals surface area contributed by atoms with E-state index in [1.807, 2.05) is 55.6 Å². The quantitative estimate of drug-likeness (QED) is 0.826. The number of amides is 1. The lowest BCUT2D eigenvalue weighted by atomic mass is 10.1. The van der Waals surface area contributed by atoms with E-state index < -0.39 is 11.9 Å². The van der Waals surface area contributed by atoms with Gasteiger partial charge >= 0.3 is 0 Å². The van der Waals surface area contributed by atoms with E-state index in [4.69, 9.17) is 10.5 Å². The minimum Gasteiger partial charge on any atom is -0.491 e. The third kappa shape index (κ3) is 4.58. The van der Waals surface area contributed by atoms with Crippen molar-refractivity contribution in [1.29, 1.82) is 0 Å². The van der Waals surface area contributed by atoms with Crippen LogP contribution in [0.2, 0.25) is 0 Å². The van der Waals surface area contributed by atoms with E-state index in [0.717, 1.165) is 16.2 Å². The molecule has 0 fully saturated rings. The number of rotatable bonds is 7. The van der Waals surface area contributed by atoms with Crippen LogP contribution >= 0.6 is 11.3 Å². The lowest BCUT2D eigenvalue weighted by molar-refractivity contribution is -0.120. The maximum Gasteiger partial charge on any atom is 0.239 e. The highest BCUT2D eigenvalue weighted by atomic mass is 32.1. The average molecular weight is 304 g/mol. The van der Waals surface area contributed by atoms with Crippen molar-refractivity contribution in [2.24, 2.45) is 5.73 Å². The zero-order chi connectivity index (χ0) is 15.2. The molecular weight excluding hydrogens is 284 g/mol. The maximum absolute atomic E-state index is 11.7. The summed E-state index contributed by atoms with van der Waals surface area (Å²) >= 11 is 1.64. The van der Waals surface area contributed by atoms with Gasteiger partial charge in [-0.15, -0.1) is 11.3 Å². The molecule has 3 N–H and O–H groups in total. The molecule has 2 aromatic rings. The zero-order valence-corrected chi connectivity index (χ0v) is 13.0. The van der Waals surface area contributed by atoms with Gasteiger partial charge in [-0.2, -0.15) is 0 Å². The molecule has 0 aliphatic rings. The lowest BCUT2D eigenvalue weighted by Crippen LogP contribution is -2.33. The van der Waals surface area contributed by atoms with Gasteiger partial charge in [0.1, 0.15) is 11.8 Å². The second-order valence-electron chi connectivity index (χ2n) is 5.03. The predicted molar refractivity (Wildman–Crippen MR) is 85.3 cm³/mol. The molecule has 112 valence electrons. The van der Waals surface area contributed by atoms with Crippen molar-refractivity contribution in [3.05, 3.63) is 52.2 Å². The highest BCUT2D eigenvalue weighted by Crippen LogP contribution is 2.21. The summed E-state index contributed by atoms with van der Waals surface area (Å²) in [5.74, 6) is 0.347. The van der Waals surface area contributed by atoms with E-state index >= 15 is 0 Å². The summed E-state index contributed by atoms with van der Waals surface area (Å²) in [4.78, 5) is 12.9. The van der Waals surface area contributed by atoms with Gasteiger partial charge in [-0.25, -0.2) is 0 Å². The van der Waals surface area contributed by atoms with Crippen LogP contribution in [-0.4, -0.2) is 12.0 Å². The molecule has 0 spiro atoms. The van der Waals surface area contributed by atoms with Crippen LogP contribution in [0.25, 0.3) is 0 Å². The first-order valence-electron chi connectivity index (χ1n) is 6.88. The van der Waals surface area contributed by atoms with E-state index in [9.17, 15) is 4.79 Å². The van der Waals surface area contributed by atoms with Crippen molar-refractivity contribution in [1.82, 2.24) is 5.32 Å². The first kappa shape index (κ1) is 15.5. The molecular formula is C16H20N2O2S. The minimum absolute atomic E-state index is 0.0892. The van der Waals surface area contributed by atoms with Crippen molar-refractivity contribution in [3.8, 4) is 5.75 Å². The number of hydrogen-bond acceptors (Lipinski definition) is 4. The fourth-order valence-corrected chi connectivity index (χ4v) is 2.69. The number of nitrogens with two attached hydrogens (primary N) is 1.